The Balaban J connectivity index is 1.62. The van der Waals surface area contributed by atoms with E-state index >= 15 is 0 Å². The summed E-state index contributed by atoms with van der Waals surface area (Å²) in [7, 11) is 0. The van der Waals surface area contributed by atoms with Crippen LogP contribution in [0.25, 0.3) is 11.0 Å². The van der Waals surface area contributed by atoms with E-state index < -0.39 is 17.6 Å². The van der Waals surface area contributed by atoms with Crippen LogP contribution in [0.5, 0.6) is 0 Å². The van der Waals surface area contributed by atoms with E-state index in [-0.39, 0.29) is 17.1 Å². The number of amides is 1. The summed E-state index contributed by atoms with van der Waals surface area (Å²) in [4.78, 5) is 33.1. The predicted molar refractivity (Wildman–Crippen MR) is 119 cm³/mol. The van der Waals surface area contributed by atoms with Crippen LogP contribution >= 0.6 is 0 Å². The van der Waals surface area contributed by atoms with Crippen molar-refractivity contribution in [1.29, 1.82) is 0 Å². The van der Waals surface area contributed by atoms with Crippen LogP contribution in [0.4, 0.5) is 24.7 Å². The average Bonchev–Trinajstić information content (AvgIpc) is 2.79. The van der Waals surface area contributed by atoms with Crippen molar-refractivity contribution in [2.24, 2.45) is 0 Å². The van der Waals surface area contributed by atoms with Crippen molar-refractivity contribution < 1.29 is 18.0 Å². The number of pyridine rings is 3. The van der Waals surface area contributed by atoms with Crippen molar-refractivity contribution >= 4 is 28.4 Å². The lowest BCUT2D eigenvalue weighted by atomic mass is 10.1. The number of alkyl halides is 3. The Morgan fingerprint density at radius 3 is 2.47 bits per heavy atom. The number of anilines is 2. The quantitative estimate of drug-likeness (QED) is 0.435. The van der Waals surface area contributed by atoms with E-state index in [0.717, 1.165) is 23.7 Å². The summed E-state index contributed by atoms with van der Waals surface area (Å²) in [6.07, 6.45) is 1.44. The van der Waals surface area contributed by atoms with Crippen LogP contribution in [-0.4, -0.2) is 30.8 Å². The van der Waals surface area contributed by atoms with Crippen LogP contribution in [0, 0.1) is 25.7 Å². The maximum Gasteiger partial charge on any atom is 0.417 e. The second kappa shape index (κ2) is 8.74. The Morgan fingerprint density at radius 1 is 0.971 bits per heavy atom. The minimum absolute atomic E-state index is 0.0967. The molecule has 0 saturated heterocycles. The molecule has 0 atom stereocenters. The Morgan fingerprint density at radius 2 is 1.71 bits per heavy atom. The number of hydrogen-bond acceptors (Lipinski definition) is 7. The van der Waals surface area contributed by atoms with Gasteiger partial charge in [0.1, 0.15) is 16.9 Å². The van der Waals surface area contributed by atoms with Gasteiger partial charge in [0.15, 0.2) is 0 Å². The lowest BCUT2D eigenvalue weighted by Gasteiger charge is -2.09. The molecule has 34 heavy (non-hydrogen) atoms. The fourth-order valence-corrected chi connectivity index (χ4v) is 2.97. The molecule has 0 aromatic carbocycles. The minimum atomic E-state index is -4.58. The van der Waals surface area contributed by atoms with Crippen LogP contribution in [0.15, 0.2) is 43.1 Å². The second-order valence-corrected chi connectivity index (χ2v) is 7.27. The number of hydrogen-bond donors (Lipinski definition) is 2. The fraction of sp³-hybridized carbons (Fsp3) is 0.130. The number of halogens is 3. The van der Waals surface area contributed by atoms with Crippen molar-refractivity contribution in [3.05, 3.63) is 76.8 Å². The first-order valence-electron chi connectivity index (χ1n) is 9.82. The standard InChI is InChI=1S/C23H16F3N7O/c1-12-13(2)32-20-18(21(27)30-11-19(20)31-12)4-3-14-5-15(8-28-7-14)22(34)33-17-6-16(9-29-10-17)23(24,25)26/h5-11H,1-2H3,(H2,27,30)(H,33,34). The molecule has 0 aliphatic heterocycles. The van der Waals surface area contributed by atoms with Gasteiger partial charge >= 0.3 is 6.18 Å². The number of aryl methyl sites for hydroxylation is 2. The van der Waals surface area contributed by atoms with E-state index in [9.17, 15) is 18.0 Å². The highest BCUT2D eigenvalue weighted by Crippen LogP contribution is 2.30. The largest absolute Gasteiger partial charge is 0.417 e. The lowest BCUT2D eigenvalue weighted by Crippen LogP contribution is -2.14. The summed E-state index contributed by atoms with van der Waals surface area (Å²) in [6.45, 7) is 3.66. The van der Waals surface area contributed by atoms with Crippen molar-refractivity contribution in [3.8, 4) is 11.8 Å². The molecule has 4 aromatic heterocycles. The number of aromatic nitrogens is 5. The molecule has 3 N–H and O–H groups in total. The number of nitrogens with one attached hydrogen (secondary N) is 1. The monoisotopic (exact) mass is 463 g/mol. The van der Waals surface area contributed by atoms with Gasteiger partial charge in [0.25, 0.3) is 5.91 Å². The van der Waals surface area contributed by atoms with Crippen molar-refractivity contribution in [2.75, 3.05) is 11.1 Å². The molecule has 0 aliphatic rings. The normalized spacial score (nSPS) is 11.1. The van der Waals surface area contributed by atoms with Crippen molar-refractivity contribution in [3.63, 3.8) is 0 Å². The van der Waals surface area contributed by atoms with Crippen LogP contribution in [0.2, 0.25) is 0 Å². The van der Waals surface area contributed by atoms with Crippen molar-refractivity contribution in [2.45, 2.75) is 20.0 Å². The summed E-state index contributed by atoms with van der Waals surface area (Å²) in [5.74, 6) is 5.30. The third kappa shape index (κ3) is 4.75. The number of carbonyl (C=O) groups excluding carboxylic acids is 1. The summed E-state index contributed by atoms with van der Waals surface area (Å²) < 4.78 is 38.6. The number of fused-ring (bicyclic) bond motifs is 1. The minimum Gasteiger partial charge on any atom is -0.383 e. The Bertz CT molecular complexity index is 1490. The first kappa shape index (κ1) is 22.6. The number of nitrogens with zero attached hydrogens (tertiary/aromatic N) is 5. The van der Waals surface area contributed by atoms with E-state index in [2.05, 4.69) is 42.1 Å². The van der Waals surface area contributed by atoms with Gasteiger partial charge in [-0.25, -0.2) is 15.0 Å². The number of nitrogens with two attached hydrogens (primary N) is 1. The van der Waals surface area contributed by atoms with Gasteiger partial charge in [0.2, 0.25) is 0 Å². The first-order chi connectivity index (χ1) is 16.1. The molecule has 11 heteroatoms. The van der Waals surface area contributed by atoms with E-state index in [1.165, 1.54) is 24.7 Å². The van der Waals surface area contributed by atoms with Crippen molar-refractivity contribution in [1.82, 2.24) is 24.9 Å². The molecule has 1 amide bonds. The van der Waals surface area contributed by atoms with E-state index in [0.29, 0.717) is 28.4 Å². The highest BCUT2D eigenvalue weighted by molar-refractivity contribution is 6.04. The number of nitrogen functional groups attached to an aromatic ring is 1. The van der Waals surface area contributed by atoms with E-state index in [1.807, 2.05) is 13.8 Å². The topological polar surface area (TPSA) is 120 Å². The zero-order chi connectivity index (χ0) is 24.5. The summed E-state index contributed by atoms with van der Waals surface area (Å²) in [5, 5.41) is 2.38. The second-order valence-electron chi connectivity index (χ2n) is 7.27. The summed E-state index contributed by atoms with van der Waals surface area (Å²) in [6, 6.07) is 2.25. The molecule has 0 bridgehead atoms. The molecule has 0 unspecified atom stereocenters. The van der Waals surface area contributed by atoms with Gasteiger partial charge in [-0.1, -0.05) is 11.8 Å². The van der Waals surface area contributed by atoms with Gasteiger partial charge in [0, 0.05) is 24.2 Å². The van der Waals surface area contributed by atoms with Gasteiger partial charge < -0.3 is 11.1 Å². The molecule has 4 rings (SSSR count). The Kier molecular flexibility index (Phi) is 5.81. The van der Waals surface area contributed by atoms with Crippen LogP contribution < -0.4 is 11.1 Å². The van der Waals surface area contributed by atoms with Gasteiger partial charge in [-0.3, -0.25) is 14.8 Å². The summed E-state index contributed by atoms with van der Waals surface area (Å²) >= 11 is 0. The number of carbonyl (C=O) groups is 1. The molecule has 0 aliphatic carbocycles. The smallest absolute Gasteiger partial charge is 0.383 e. The lowest BCUT2D eigenvalue weighted by molar-refractivity contribution is -0.137. The van der Waals surface area contributed by atoms with Gasteiger partial charge in [-0.15, -0.1) is 0 Å². The predicted octanol–water partition coefficient (Wildman–Crippen LogP) is 3.68. The maximum absolute atomic E-state index is 12.9. The molecule has 0 radical (unpaired) electrons. The third-order valence-corrected chi connectivity index (χ3v) is 4.81. The maximum atomic E-state index is 12.9. The first-order valence-corrected chi connectivity index (χ1v) is 9.82. The van der Waals surface area contributed by atoms with Gasteiger partial charge in [0.05, 0.1) is 46.2 Å². The van der Waals surface area contributed by atoms with Crippen LogP contribution in [-0.2, 0) is 6.18 Å². The zero-order valence-corrected chi connectivity index (χ0v) is 17.9. The molecule has 170 valence electrons. The highest BCUT2D eigenvalue weighted by Gasteiger charge is 2.31. The molecule has 0 saturated carbocycles. The van der Waals surface area contributed by atoms with Crippen LogP contribution in [0.1, 0.15) is 38.4 Å². The third-order valence-electron chi connectivity index (χ3n) is 4.81. The molecular formula is C23H16F3N7O. The molecular weight excluding hydrogens is 447 g/mol. The summed E-state index contributed by atoms with van der Waals surface area (Å²) in [5.41, 5.74) is 8.32. The Hall–Kier alpha value is -4.59. The molecule has 8 nitrogen and oxygen atoms in total. The average molecular weight is 463 g/mol. The zero-order valence-electron chi connectivity index (χ0n) is 17.9. The van der Waals surface area contributed by atoms with E-state index in [1.54, 1.807) is 0 Å². The molecule has 0 spiro atoms. The molecule has 4 heterocycles. The van der Waals surface area contributed by atoms with Gasteiger partial charge in [-0.2, -0.15) is 13.2 Å². The fourth-order valence-electron chi connectivity index (χ4n) is 2.97. The van der Waals surface area contributed by atoms with E-state index in [4.69, 9.17) is 5.73 Å². The Labute approximate surface area is 191 Å². The molecule has 0 fully saturated rings. The number of rotatable bonds is 2. The highest BCUT2D eigenvalue weighted by atomic mass is 19.4. The molecule has 4 aromatic rings. The van der Waals surface area contributed by atoms with Gasteiger partial charge in [-0.05, 0) is 26.0 Å². The SMILES string of the molecule is Cc1nc2cnc(N)c(C#Cc3cncc(C(=O)Nc4cncc(C(F)(F)F)c4)c3)c2nc1C. The van der Waals surface area contributed by atoms with Crippen LogP contribution in [0.3, 0.4) is 0 Å².